The summed E-state index contributed by atoms with van der Waals surface area (Å²) < 4.78 is 0. The third kappa shape index (κ3) is 3.37. The molecule has 0 spiro atoms. The van der Waals surface area contributed by atoms with Crippen molar-refractivity contribution < 1.29 is 9.90 Å². The zero-order chi connectivity index (χ0) is 17.1. The highest BCUT2D eigenvalue weighted by Gasteiger charge is 2.17. The Kier molecular flexibility index (Phi) is 4.74. The third-order valence-electron chi connectivity index (χ3n) is 3.73. The maximum Gasteiger partial charge on any atom is 0.251 e. The second kappa shape index (κ2) is 6.95. The molecule has 1 unspecified atom stereocenters. The minimum absolute atomic E-state index is 0.246. The maximum atomic E-state index is 12.5. The van der Waals surface area contributed by atoms with Gasteiger partial charge in [0.25, 0.3) is 5.91 Å². The summed E-state index contributed by atoms with van der Waals surface area (Å²) in [6.45, 7) is 1.55. The van der Waals surface area contributed by atoms with Crippen molar-refractivity contribution in [1.82, 2.24) is 15.3 Å². The lowest BCUT2D eigenvalue weighted by Crippen LogP contribution is -2.31. The second-order valence-corrected chi connectivity index (χ2v) is 5.83. The second-order valence-electron chi connectivity index (χ2n) is 5.42. The van der Waals surface area contributed by atoms with Crippen LogP contribution < -0.4 is 5.32 Å². The Labute approximate surface area is 144 Å². The lowest BCUT2D eigenvalue weighted by atomic mass is 10.1. The first-order chi connectivity index (χ1) is 11.6. The average Bonchev–Trinajstić information content (AvgIpc) is 2.59. The molecule has 3 aromatic rings. The number of aliphatic hydroxyl groups is 1. The molecule has 0 bridgehead atoms. The van der Waals surface area contributed by atoms with Crippen molar-refractivity contribution in [2.75, 3.05) is 6.61 Å². The molecular formula is C18H16ClN3O2. The van der Waals surface area contributed by atoms with E-state index < -0.39 is 6.04 Å². The van der Waals surface area contributed by atoms with Crippen LogP contribution in [0.1, 0.15) is 27.8 Å². The first-order valence-electron chi connectivity index (χ1n) is 7.48. The Morgan fingerprint density at radius 2 is 2.08 bits per heavy atom. The maximum absolute atomic E-state index is 12.5. The van der Waals surface area contributed by atoms with Gasteiger partial charge in [-0.15, -0.1) is 0 Å². The van der Waals surface area contributed by atoms with Crippen molar-refractivity contribution in [2.24, 2.45) is 0 Å². The van der Waals surface area contributed by atoms with Crippen molar-refractivity contribution in [3.8, 4) is 0 Å². The number of aromatic nitrogens is 2. The fourth-order valence-electron chi connectivity index (χ4n) is 2.48. The number of carbonyl (C=O) groups excluding carboxylic acids is 1. The van der Waals surface area contributed by atoms with Crippen LogP contribution >= 0.6 is 11.6 Å². The smallest absolute Gasteiger partial charge is 0.251 e. The van der Waals surface area contributed by atoms with E-state index in [0.717, 1.165) is 5.39 Å². The molecule has 0 saturated heterocycles. The number of aryl methyl sites for hydroxylation is 1. The van der Waals surface area contributed by atoms with Crippen molar-refractivity contribution in [3.63, 3.8) is 0 Å². The fraction of sp³-hybridized carbons (Fsp3) is 0.167. The number of aliphatic hydroxyl groups excluding tert-OH is 1. The topological polar surface area (TPSA) is 75.1 Å². The van der Waals surface area contributed by atoms with Gasteiger partial charge in [0.2, 0.25) is 0 Å². The van der Waals surface area contributed by atoms with Gasteiger partial charge < -0.3 is 10.4 Å². The molecule has 5 nitrogen and oxygen atoms in total. The fourth-order valence-corrected chi connectivity index (χ4v) is 2.75. The Balaban J connectivity index is 1.87. The van der Waals surface area contributed by atoms with Crippen molar-refractivity contribution in [3.05, 3.63) is 70.6 Å². The van der Waals surface area contributed by atoms with E-state index in [-0.39, 0.29) is 12.5 Å². The highest BCUT2D eigenvalue weighted by molar-refractivity contribution is 6.31. The van der Waals surface area contributed by atoms with E-state index in [9.17, 15) is 9.90 Å². The van der Waals surface area contributed by atoms with Gasteiger partial charge in [0.05, 0.1) is 18.2 Å². The van der Waals surface area contributed by atoms with Crippen LogP contribution in [0.4, 0.5) is 0 Å². The molecule has 2 N–H and O–H groups in total. The number of rotatable bonds is 4. The van der Waals surface area contributed by atoms with E-state index in [0.29, 0.717) is 27.5 Å². The molecule has 24 heavy (non-hydrogen) atoms. The predicted molar refractivity (Wildman–Crippen MR) is 93.0 cm³/mol. The minimum atomic E-state index is -0.575. The predicted octanol–water partition coefficient (Wildman–Crippen LogP) is 3.06. The van der Waals surface area contributed by atoms with Gasteiger partial charge in [-0.05, 0) is 30.7 Å². The number of carbonyl (C=O) groups is 1. The van der Waals surface area contributed by atoms with Crippen LogP contribution in [0.25, 0.3) is 10.9 Å². The molecule has 0 radical (unpaired) electrons. The van der Waals surface area contributed by atoms with Gasteiger partial charge >= 0.3 is 0 Å². The molecule has 2 aromatic carbocycles. The first-order valence-corrected chi connectivity index (χ1v) is 7.86. The van der Waals surface area contributed by atoms with E-state index in [4.69, 9.17) is 11.6 Å². The van der Waals surface area contributed by atoms with Gasteiger partial charge in [-0.3, -0.25) is 4.79 Å². The molecule has 0 saturated carbocycles. The monoisotopic (exact) mass is 341 g/mol. The van der Waals surface area contributed by atoms with E-state index in [2.05, 4.69) is 15.3 Å². The van der Waals surface area contributed by atoms with Crippen LogP contribution in [-0.2, 0) is 0 Å². The van der Waals surface area contributed by atoms with Crippen molar-refractivity contribution in [1.29, 1.82) is 0 Å². The SMILES string of the molecule is Cc1ncc2ccc(C(=O)NC(CO)c3ccccc3Cl)cc2n1. The molecular weight excluding hydrogens is 326 g/mol. The zero-order valence-corrected chi connectivity index (χ0v) is 13.8. The zero-order valence-electron chi connectivity index (χ0n) is 13.0. The molecule has 0 fully saturated rings. The highest BCUT2D eigenvalue weighted by atomic mass is 35.5. The molecule has 0 aliphatic carbocycles. The summed E-state index contributed by atoms with van der Waals surface area (Å²) in [6, 6.07) is 11.8. The summed E-state index contributed by atoms with van der Waals surface area (Å²) in [5.74, 6) is 0.344. The van der Waals surface area contributed by atoms with Crippen molar-refractivity contribution >= 4 is 28.4 Å². The van der Waals surface area contributed by atoms with Gasteiger partial charge in [-0.25, -0.2) is 9.97 Å². The van der Waals surface area contributed by atoms with Crippen LogP contribution in [-0.4, -0.2) is 27.6 Å². The standard InChI is InChI=1S/C18H16ClN3O2/c1-11-20-9-13-7-6-12(8-16(13)21-11)18(24)22-17(10-23)14-4-2-3-5-15(14)19/h2-9,17,23H,10H2,1H3,(H,22,24). The number of halogens is 1. The molecule has 1 atom stereocenters. The number of amides is 1. The van der Waals surface area contributed by atoms with Gasteiger partial charge in [-0.2, -0.15) is 0 Å². The number of nitrogens with one attached hydrogen (secondary N) is 1. The molecule has 1 heterocycles. The molecule has 3 rings (SSSR count). The Morgan fingerprint density at radius 1 is 1.29 bits per heavy atom. The number of nitrogens with zero attached hydrogens (tertiary/aromatic N) is 2. The van der Waals surface area contributed by atoms with Crippen LogP contribution in [0.5, 0.6) is 0 Å². The number of hydrogen-bond donors (Lipinski definition) is 2. The molecule has 6 heteroatoms. The van der Waals surface area contributed by atoms with E-state index in [1.165, 1.54) is 0 Å². The van der Waals surface area contributed by atoms with Crippen LogP contribution in [0.2, 0.25) is 5.02 Å². The first kappa shape index (κ1) is 16.4. The van der Waals surface area contributed by atoms with Gasteiger partial charge in [0, 0.05) is 22.2 Å². The van der Waals surface area contributed by atoms with Gasteiger partial charge in [-0.1, -0.05) is 35.9 Å². The van der Waals surface area contributed by atoms with Gasteiger partial charge in [0.1, 0.15) is 5.82 Å². The third-order valence-corrected chi connectivity index (χ3v) is 4.08. The molecule has 122 valence electrons. The highest BCUT2D eigenvalue weighted by Crippen LogP contribution is 2.23. The normalized spacial score (nSPS) is 12.1. The number of fused-ring (bicyclic) bond motifs is 1. The van der Waals surface area contributed by atoms with Gasteiger partial charge in [0.15, 0.2) is 0 Å². The molecule has 0 aliphatic heterocycles. The Hall–Kier alpha value is -2.50. The Bertz CT molecular complexity index is 898. The summed E-state index contributed by atoms with van der Waals surface area (Å²) in [4.78, 5) is 21.0. The minimum Gasteiger partial charge on any atom is -0.394 e. The summed E-state index contributed by atoms with van der Waals surface area (Å²) in [5.41, 5.74) is 1.84. The largest absolute Gasteiger partial charge is 0.394 e. The Morgan fingerprint density at radius 3 is 2.83 bits per heavy atom. The van der Waals surface area contributed by atoms with E-state index in [1.807, 2.05) is 6.07 Å². The average molecular weight is 342 g/mol. The molecule has 0 aliphatic rings. The summed E-state index contributed by atoms with van der Waals surface area (Å²) >= 11 is 6.14. The lowest BCUT2D eigenvalue weighted by molar-refractivity contribution is 0.0916. The van der Waals surface area contributed by atoms with Crippen LogP contribution in [0, 0.1) is 6.92 Å². The molecule has 1 aromatic heterocycles. The number of benzene rings is 2. The summed E-state index contributed by atoms with van der Waals surface area (Å²) in [7, 11) is 0. The van der Waals surface area contributed by atoms with Crippen LogP contribution in [0.3, 0.4) is 0 Å². The molecule has 1 amide bonds. The van der Waals surface area contributed by atoms with E-state index in [1.54, 1.807) is 49.5 Å². The quantitative estimate of drug-likeness (QED) is 0.764. The summed E-state index contributed by atoms with van der Waals surface area (Å²) in [6.07, 6.45) is 1.72. The number of hydrogen-bond acceptors (Lipinski definition) is 4. The summed E-state index contributed by atoms with van der Waals surface area (Å²) in [5, 5.41) is 13.8. The van der Waals surface area contributed by atoms with E-state index >= 15 is 0 Å². The van der Waals surface area contributed by atoms with Crippen molar-refractivity contribution in [2.45, 2.75) is 13.0 Å². The van der Waals surface area contributed by atoms with Crippen LogP contribution in [0.15, 0.2) is 48.7 Å². The lowest BCUT2D eigenvalue weighted by Gasteiger charge is -2.18.